The number of nitrogens with zero attached hydrogens (tertiary/aromatic N) is 1. The third kappa shape index (κ3) is 4.52. The Balaban J connectivity index is 1.41. The number of fused-ring (bicyclic) bond motifs is 3. The first kappa shape index (κ1) is 20.9. The first-order valence-electron chi connectivity index (χ1n) is 10.9. The summed E-state index contributed by atoms with van der Waals surface area (Å²) in [6.45, 7) is 8.72. The van der Waals surface area contributed by atoms with Gasteiger partial charge in [0.25, 0.3) is 5.91 Å². The molecule has 30 heavy (non-hydrogen) atoms. The highest BCUT2D eigenvalue weighted by Crippen LogP contribution is 2.35. The molecule has 0 bridgehead atoms. The summed E-state index contributed by atoms with van der Waals surface area (Å²) in [5, 5.41) is 3.80. The third-order valence-corrected chi connectivity index (χ3v) is 5.91. The third-order valence-electron chi connectivity index (χ3n) is 5.91. The lowest BCUT2D eigenvalue weighted by atomic mass is 10.0. The average molecular weight is 415 g/mol. The number of benzene rings is 1. The standard InChI is InChI=1S/C23H30N2O5/c1-15-13-19(21-17-5-3-6-18(17)23(27)30-20(21)14-15)29-16(2)22(26)24-7-4-8-25-9-11-28-12-10-25/h13-14,16H,3-12H2,1-2H3,(H,24,26)/t16-/m1/s1. The fourth-order valence-corrected chi connectivity index (χ4v) is 4.32. The average Bonchev–Trinajstić information content (AvgIpc) is 3.22. The molecular formula is C23H30N2O5. The number of aryl methyl sites for hydroxylation is 2. The molecule has 0 spiro atoms. The van der Waals surface area contributed by atoms with Crippen LogP contribution in [0.3, 0.4) is 0 Å². The Labute approximate surface area is 176 Å². The van der Waals surface area contributed by atoms with E-state index >= 15 is 0 Å². The molecule has 1 fully saturated rings. The fourth-order valence-electron chi connectivity index (χ4n) is 4.32. The van der Waals surface area contributed by atoms with Crippen LogP contribution in [0, 0.1) is 6.92 Å². The lowest BCUT2D eigenvalue weighted by molar-refractivity contribution is -0.127. The van der Waals surface area contributed by atoms with Crippen molar-refractivity contribution in [2.75, 3.05) is 39.4 Å². The SMILES string of the molecule is Cc1cc(O[C@H](C)C(=O)NCCCN2CCOCC2)c2c3c(c(=O)oc2c1)CCC3. The van der Waals surface area contributed by atoms with Crippen molar-refractivity contribution in [3.8, 4) is 5.75 Å². The molecule has 4 rings (SSSR count). The first-order chi connectivity index (χ1) is 14.5. The molecule has 0 saturated carbocycles. The molecule has 1 aromatic heterocycles. The highest BCUT2D eigenvalue weighted by molar-refractivity contribution is 5.89. The minimum Gasteiger partial charge on any atom is -0.480 e. The second-order valence-electron chi connectivity index (χ2n) is 8.20. The summed E-state index contributed by atoms with van der Waals surface area (Å²) in [5.41, 5.74) is 2.97. The highest BCUT2D eigenvalue weighted by atomic mass is 16.5. The number of hydrogen-bond donors (Lipinski definition) is 1. The van der Waals surface area contributed by atoms with E-state index in [-0.39, 0.29) is 11.5 Å². The summed E-state index contributed by atoms with van der Waals surface area (Å²) in [4.78, 5) is 27.2. The van der Waals surface area contributed by atoms with Crippen molar-refractivity contribution < 1.29 is 18.7 Å². The van der Waals surface area contributed by atoms with Crippen molar-refractivity contribution in [2.24, 2.45) is 0 Å². The maximum absolute atomic E-state index is 12.6. The molecule has 0 radical (unpaired) electrons. The molecule has 7 heteroatoms. The van der Waals surface area contributed by atoms with E-state index in [2.05, 4.69) is 10.2 Å². The molecular weight excluding hydrogens is 384 g/mol. The lowest BCUT2D eigenvalue weighted by Gasteiger charge is -2.26. The minimum absolute atomic E-state index is 0.138. The van der Waals surface area contributed by atoms with Gasteiger partial charge in [0.1, 0.15) is 11.3 Å². The van der Waals surface area contributed by atoms with Gasteiger partial charge in [-0.25, -0.2) is 4.79 Å². The van der Waals surface area contributed by atoms with Gasteiger partial charge in [0.15, 0.2) is 6.10 Å². The van der Waals surface area contributed by atoms with Gasteiger partial charge in [0, 0.05) is 25.2 Å². The number of rotatable bonds is 7. The van der Waals surface area contributed by atoms with E-state index in [9.17, 15) is 9.59 Å². The normalized spacial score (nSPS) is 17.7. The maximum Gasteiger partial charge on any atom is 0.339 e. The van der Waals surface area contributed by atoms with Gasteiger partial charge < -0.3 is 19.2 Å². The molecule has 1 atom stereocenters. The van der Waals surface area contributed by atoms with E-state index in [0.29, 0.717) is 17.9 Å². The van der Waals surface area contributed by atoms with Crippen LogP contribution in [0.15, 0.2) is 21.3 Å². The molecule has 2 aromatic rings. The van der Waals surface area contributed by atoms with Crippen LogP contribution in [0.1, 0.15) is 36.5 Å². The van der Waals surface area contributed by atoms with E-state index in [0.717, 1.165) is 80.6 Å². The molecule has 1 saturated heterocycles. The highest BCUT2D eigenvalue weighted by Gasteiger charge is 2.24. The largest absolute Gasteiger partial charge is 0.480 e. The number of amides is 1. The summed E-state index contributed by atoms with van der Waals surface area (Å²) in [7, 11) is 0. The van der Waals surface area contributed by atoms with Crippen LogP contribution in [0.4, 0.5) is 0 Å². The van der Waals surface area contributed by atoms with E-state index < -0.39 is 6.10 Å². The van der Waals surface area contributed by atoms with Crippen molar-refractivity contribution in [3.05, 3.63) is 39.2 Å². The van der Waals surface area contributed by atoms with Crippen LogP contribution >= 0.6 is 0 Å². The molecule has 2 heterocycles. The Bertz CT molecular complexity index is 978. The summed E-state index contributed by atoms with van der Waals surface area (Å²) < 4.78 is 17.0. The van der Waals surface area contributed by atoms with Gasteiger partial charge in [0.2, 0.25) is 0 Å². The zero-order chi connectivity index (χ0) is 21.1. The van der Waals surface area contributed by atoms with Gasteiger partial charge in [-0.15, -0.1) is 0 Å². The monoisotopic (exact) mass is 414 g/mol. The van der Waals surface area contributed by atoms with Gasteiger partial charge in [-0.3, -0.25) is 9.69 Å². The molecule has 0 unspecified atom stereocenters. The molecule has 1 N–H and O–H groups in total. The van der Waals surface area contributed by atoms with Crippen molar-refractivity contribution in [1.82, 2.24) is 10.2 Å². The van der Waals surface area contributed by atoms with Crippen molar-refractivity contribution in [1.29, 1.82) is 0 Å². The molecule has 162 valence electrons. The van der Waals surface area contributed by atoms with E-state index in [1.54, 1.807) is 6.92 Å². The summed E-state index contributed by atoms with van der Waals surface area (Å²) in [6.07, 6.45) is 2.76. The topological polar surface area (TPSA) is 81.0 Å². The van der Waals surface area contributed by atoms with Gasteiger partial charge in [-0.05, 0) is 69.3 Å². The van der Waals surface area contributed by atoms with Crippen LogP contribution in [0.5, 0.6) is 5.75 Å². The first-order valence-corrected chi connectivity index (χ1v) is 10.9. The Kier molecular flexibility index (Phi) is 6.39. The predicted octanol–water partition coefficient (Wildman–Crippen LogP) is 2.20. The second kappa shape index (κ2) is 9.18. The molecule has 7 nitrogen and oxygen atoms in total. The lowest BCUT2D eigenvalue weighted by Crippen LogP contribution is -2.40. The van der Waals surface area contributed by atoms with Crippen molar-refractivity contribution >= 4 is 16.9 Å². The zero-order valence-corrected chi connectivity index (χ0v) is 17.8. The molecule has 2 aliphatic rings. The molecule has 1 aromatic carbocycles. The minimum atomic E-state index is -0.637. The number of ether oxygens (including phenoxy) is 2. The number of nitrogens with one attached hydrogen (secondary N) is 1. The van der Waals surface area contributed by atoms with Gasteiger partial charge >= 0.3 is 5.63 Å². The fraction of sp³-hybridized carbons (Fsp3) is 0.565. The molecule has 1 aliphatic heterocycles. The summed E-state index contributed by atoms with van der Waals surface area (Å²) >= 11 is 0. The Morgan fingerprint density at radius 3 is 2.80 bits per heavy atom. The number of hydrogen-bond acceptors (Lipinski definition) is 6. The Morgan fingerprint density at radius 1 is 1.23 bits per heavy atom. The smallest absolute Gasteiger partial charge is 0.339 e. The van der Waals surface area contributed by atoms with Crippen LogP contribution in [-0.2, 0) is 22.4 Å². The van der Waals surface area contributed by atoms with Crippen molar-refractivity contribution in [2.45, 2.75) is 45.6 Å². The zero-order valence-electron chi connectivity index (χ0n) is 17.8. The summed E-state index contributed by atoms with van der Waals surface area (Å²) in [6, 6.07) is 3.78. The maximum atomic E-state index is 12.6. The van der Waals surface area contributed by atoms with Crippen LogP contribution in [-0.4, -0.2) is 56.3 Å². The number of carbonyl (C=O) groups is 1. The van der Waals surface area contributed by atoms with E-state index in [4.69, 9.17) is 13.9 Å². The molecule has 1 amide bonds. The van der Waals surface area contributed by atoms with Crippen LogP contribution in [0.25, 0.3) is 11.0 Å². The Hall–Kier alpha value is -2.38. The van der Waals surface area contributed by atoms with E-state index in [1.807, 2.05) is 19.1 Å². The quantitative estimate of drug-likeness (QED) is 0.553. The number of morpholine rings is 1. The van der Waals surface area contributed by atoms with E-state index in [1.165, 1.54) is 0 Å². The molecule has 1 aliphatic carbocycles. The Morgan fingerprint density at radius 2 is 2.00 bits per heavy atom. The van der Waals surface area contributed by atoms with Gasteiger partial charge in [0.05, 0.1) is 18.6 Å². The predicted molar refractivity (Wildman–Crippen MR) is 114 cm³/mol. The number of carbonyl (C=O) groups excluding carboxylic acids is 1. The van der Waals surface area contributed by atoms with Gasteiger partial charge in [-0.1, -0.05) is 0 Å². The van der Waals surface area contributed by atoms with Crippen molar-refractivity contribution in [3.63, 3.8) is 0 Å². The summed E-state index contributed by atoms with van der Waals surface area (Å²) in [5.74, 6) is 0.475. The van der Waals surface area contributed by atoms with Gasteiger partial charge in [-0.2, -0.15) is 0 Å². The van der Waals surface area contributed by atoms with Crippen LogP contribution < -0.4 is 15.7 Å². The second-order valence-corrected chi connectivity index (χ2v) is 8.20. The van der Waals surface area contributed by atoms with Crippen LogP contribution in [0.2, 0.25) is 0 Å².